The minimum atomic E-state index is -0.957. The monoisotopic (exact) mass is 295 g/mol. The number of carboxylic acids is 1. The van der Waals surface area contributed by atoms with Crippen molar-refractivity contribution in [3.05, 3.63) is 46.0 Å². The van der Waals surface area contributed by atoms with E-state index in [1.54, 1.807) is 24.0 Å². The number of carbonyl (C=O) groups is 1. The number of nitrogens with zero attached hydrogens (tertiary/aromatic N) is 3. The number of pyridine rings is 1. The van der Waals surface area contributed by atoms with Gasteiger partial charge in [-0.3, -0.25) is 9.67 Å². The van der Waals surface area contributed by atoms with Gasteiger partial charge in [-0.1, -0.05) is 0 Å². The van der Waals surface area contributed by atoms with Gasteiger partial charge in [-0.25, -0.2) is 4.79 Å². The second-order valence-corrected chi connectivity index (χ2v) is 4.53. The van der Waals surface area contributed by atoms with Gasteiger partial charge < -0.3 is 5.11 Å². The fourth-order valence-electron chi connectivity index (χ4n) is 1.53. The van der Waals surface area contributed by atoms with Gasteiger partial charge >= 0.3 is 5.97 Å². The Hall–Kier alpha value is -1.69. The molecule has 0 aliphatic carbocycles. The van der Waals surface area contributed by atoms with E-state index in [1.807, 2.05) is 6.07 Å². The van der Waals surface area contributed by atoms with Crippen molar-refractivity contribution in [2.45, 2.75) is 13.5 Å². The summed E-state index contributed by atoms with van der Waals surface area (Å²) in [5, 5.41) is 13.0. The van der Waals surface area contributed by atoms with E-state index in [0.29, 0.717) is 12.2 Å². The lowest BCUT2D eigenvalue weighted by atomic mass is 10.2. The molecule has 0 unspecified atom stereocenters. The van der Waals surface area contributed by atoms with Gasteiger partial charge in [-0.2, -0.15) is 5.10 Å². The first-order valence-corrected chi connectivity index (χ1v) is 5.72. The molecule has 0 saturated heterocycles. The summed E-state index contributed by atoms with van der Waals surface area (Å²) in [5.41, 5.74) is 1.83. The molecule has 0 aliphatic rings. The number of aromatic carboxylic acids is 1. The van der Waals surface area contributed by atoms with Crippen molar-refractivity contribution in [3.8, 4) is 0 Å². The highest BCUT2D eigenvalue weighted by molar-refractivity contribution is 9.10. The Labute approximate surface area is 106 Å². The second-order valence-electron chi connectivity index (χ2n) is 3.62. The van der Waals surface area contributed by atoms with Crippen molar-refractivity contribution < 1.29 is 9.90 Å². The third-order valence-corrected chi connectivity index (χ3v) is 2.86. The zero-order valence-electron chi connectivity index (χ0n) is 9.09. The molecule has 0 saturated carbocycles. The first-order chi connectivity index (χ1) is 8.08. The molecule has 17 heavy (non-hydrogen) atoms. The van der Waals surface area contributed by atoms with E-state index in [0.717, 1.165) is 10.0 Å². The Morgan fingerprint density at radius 1 is 1.47 bits per heavy atom. The van der Waals surface area contributed by atoms with Crippen molar-refractivity contribution in [3.63, 3.8) is 0 Å². The fourth-order valence-corrected chi connectivity index (χ4v) is 1.94. The third-order valence-electron chi connectivity index (χ3n) is 2.43. The molecule has 2 heterocycles. The van der Waals surface area contributed by atoms with Crippen molar-refractivity contribution >= 4 is 21.9 Å². The van der Waals surface area contributed by atoms with Gasteiger partial charge in [-0.05, 0) is 34.5 Å². The van der Waals surface area contributed by atoms with Gasteiger partial charge in [0.2, 0.25) is 0 Å². The van der Waals surface area contributed by atoms with Crippen LogP contribution in [-0.4, -0.2) is 25.8 Å². The maximum Gasteiger partial charge on any atom is 0.339 e. The maximum atomic E-state index is 10.9. The first kappa shape index (κ1) is 11.8. The Balaban J connectivity index is 2.28. The molecule has 0 atom stereocenters. The van der Waals surface area contributed by atoms with E-state index >= 15 is 0 Å². The van der Waals surface area contributed by atoms with Crippen LogP contribution in [0, 0.1) is 6.92 Å². The van der Waals surface area contributed by atoms with Crippen LogP contribution < -0.4 is 0 Å². The third kappa shape index (κ3) is 2.52. The summed E-state index contributed by atoms with van der Waals surface area (Å²) in [5.74, 6) is -0.957. The van der Waals surface area contributed by atoms with Gasteiger partial charge in [-0.15, -0.1) is 0 Å². The summed E-state index contributed by atoms with van der Waals surface area (Å²) in [4.78, 5) is 14.9. The van der Waals surface area contributed by atoms with E-state index in [9.17, 15) is 4.79 Å². The van der Waals surface area contributed by atoms with E-state index in [4.69, 9.17) is 5.11 Å². The van der Waals surface area contributed by atoms with Crippen LogP contribution in [0.25, 0.3) is 0 Å². The largest absolute Gasteiger partial charge is 0.478 e. The minimum absolute atomic E-state index is 0.230. The Morgan fingerprint density at radius 3 is 2.82 bits per heavy atom. The highest BCUT2D eigenvalue weighted by Crippen LogP contribution is 2.13. The highest BCUT2D eigenvalue weighted by atomic mass is 79.9. The van der Waals surface area contributed by atoms with E-state index in [2.05, 4.69) is 26.0 Å². The lowest BCUT2D eigenvalue weighted by Crippen LogP contribution is -2.06. The first-order valence-electron chi connectivity index (χ1n) is 4.93. The summed E-state index contributed by atoms with van der Waals surface area (Å²) in [6.07, 6.45) is 4.79. The van der Waals surface area contributed by atoms with Gasteiger partial charge in [0.15, 0.2) is 0 Å². The van der Waals surface area contributed by atoms with Gasteiger partial charge in [0.25, 0.3) is 0 Å². The Bertz CT molecular complexity index is 566. The lowest BCUT2D eigenvalue weighted by molar-refractivity contribution is 0.0696. The number of rotatable bonds is 3. The van der Waals surface area contributed by atoms with Crippen LogP contribution in [0.2, 0.25) is 0 Å². The Kier molecular flexibility index (Phi) is 3.23. The molecule has 6 heteroatoms. The van der Waals surface area contributed by atoms with Gasteiger partial charge in [0, 0.05) is 16.9 Å². The molecule has 5 nitrogen and oxygen atoms in total. The van der Waals surface area contributed by atoms with Crippen molar-refractivity contribution in [1.82, 2.24) is 14.8 Å². The fraction of sp³-hybridized carbons (Fsp3) is 0.182. The summed E-state index contributed by atoms with van der Waals surface area (Å²) < 4.78 is 2.53. The molecule has 2 rings (SSSR count). The summed E-state index contributed by atoms with van der Waals surface area (Å²) in [6, 6.07) is 1.93. The molecule has 0 aliphatic heterocycles. The summed E-state index contributed by atoms with van der Waals surface area (Å²) in [6.45, 7) is 2.24. The van der Waals surface area contributed by atoms with Gasteiger partial charge in [0.1, 0.15) is 5.56 Å². The SMILES string of the molecule is Cc1c(C(=O)O)cnn1Cc1cncc(Br)c1. The molecule has 0 radical (unpaired) electrons. The highest BCUT2D eigenvalue weighted by Gasteiger charge is 2.12. The molecule has 2 aromatic heterocycles. The van der Waals surface area contributed by atoms with E-state index < -0.39 is 5.97 Å². The van der Waals surface area contributed by atoms with E-state index in [1.165, 1.54) is 6.20 Å². The zero-order chi connectivity index (χ0) is 12.4. The molecular weight excluding hydrogens is 286 g/mol. The molecule has 0 fully saturated rings. The average molecular weight is 296 g/mol. The molecule has 0 spiro atoms. The molecule has 0 aromatic carbocycles. The minimum Gasteiger partial charge on any atom is -0.478 e. The number of hydrogen-bond donors (Lipinski definition) is 1. The maximum absolute atomic E-state index is 10.9. The number of hydrogen-bond acceptors (Lipinski definition) is 3. The molecular formula is C11H10BrN3O2. The smallest absolute Gasteiger partial charge is 0.339 e. The van der Waals surface area contributed by atoms with Crippen molar-refractivity contribution in [1.29, 1.82) is 0 Å². The summed E-state index contributed by atoms with van der Waals surface area (Å²) >= 11 is 3.34. The number of carboxylic acid groups (broad SMARTS) is 1. The molecule has 2 aromatic rings. The van der Waals surface area contributed by atoms with Crippen LogP contribution in [0.5, 0.6) is 0 Å². The topological polar surface area (TPSA) is 68.0 Å². The predicted octanol–water partition coefficient (Wildman–Crippen LogP) is 2.10. The molecule has 88 valence electrons. The molecule has 0 bridgehead atoms. The lowest BCUT2D eigenvalue weighted by Gasteiger charge is -2.04. The second kappa shape index (κ2) is 4.67. The average Bonchev–Trinajstić information content (AvgIpc) is 2.61. The van der Waals surface area contributed by atoms with E-state index in [-0.39, 0.29) is 5.56 Å². The Morgan fingerprint density at radius 2 is 2.24 bits per heavy atom. The van der Waals surface area contributed by atoms with Crippen LogP contribution >= 0.6 is 15.9 Å². The van der Waals surface area contributed by atoms with Crippen molar-refractivity contribution in [2.75, 3.05) is 0 Å². The quantitative estimate of drug-likeness (QED) is 0.941. The van der Waals surface area contributed by atoms with Crippen LogP contribution in [0.15, 0.2) is 29.1 Å². The summed E-state index contributed by atoms with van der Waals surface area (Å²) in [7, 11) is 0. The predicted molar refractivity (Wildman–Crippen MR) is 65.0 cm³/mol. The van der Waals surface area contributed by atoms with Gasteiger partial charge in [0.05, 0.1) is 18.4 Å². The number of aromatic nitrogens is 3. The van der Waals surface area contributed by atoms with Crippen molar-refractivity contribution in [2.24, 2.45) is 0 Å². The van der Waals surface area contributed by atoms with Crippen LogP contribution in [0.4, 0.5) is 0 Å². The van der Waals surface area contributed by atoms with Crippen LogP contribution in [0.1, 0.15) is 21.6 Å². The van der Waals surface area contributed by atoms with Crippen LogP contribution in [0.3, 0.4) is 0 Å². The molecule has 1 N–H and O–H groups in total. The zero-order valence-corrected chi connectivity index (χ0v) is 10.7. The standard InChI is InChI=1S/C11H10BrN3O2/c1-7-10(11(16)17)5-14-15(7)6-8-2-9(12)4-13-3-8/h2-5H,6H2,1H3,(H,16,17). The van der Waals surface area contributed by atoms with Crippen LogP contribution in [-0.2, 0) is 6.54 Å². The normalized spacial score (nSPS) is 10.5. The number of halogens is 1. The molecule has 0 amide bonds.